The van der Waals surface area contributed by atoms with Crippen LogP contribution in [0.5, 0.6) is 0 Å². The van der Waals surface area contributed by atoms with Gasteiger partial charge in [0.2, 0.25) is 5.95 Å². The number of aromatic nitrogens is 6. The molecule has 0 N–H and O–H groups in total. The molecule has 0 aliphatic rings. The predicted molar refractivity (Wildman–Crippen MR) is 101 cm³/mol. The van der Waals surface area contributed by atoms with Crippen molar-refractivity contribution in [3.05, 3.63) is 66.6 Å². The van der Waals surface area contributed by atoms with E-state index < -0.39 is 0 Å². The maximum Gasteiger partial charge on any atom is 0.238 e. The predicted octanol–water partition coefficient (Wildman–Crippen LogP) is 3.82. The lowest BCUT2D eigenvalue weighted by Crippen LogP contribution is -2.04. The molecule has 132 valence electrons. The van der Waals surface area contributed by atoms with Gasteiger partial charge in [-0.25, -0.2) is 14.4 Å². The minimum atomic E-state index is -0.348. The molecule has 7 heteroatoms. The number of pyridine rings is 1. The first-order valence-corrected chi connectivity index (χ1v) is 8.50. The zero-order valence-corrected chi connectivity index (χ0v) is 14.8. The lowest BCUT2D eigenvalue weighted by atomic mass is 10.1. The zero-order valence-electron chi connectivity index (χ0n) is 14.8. The molecule has 0 amide bonds. The fourth-order valence-corrected chi connectivity index (χ4v) is 3.34. The number of rotatable bonds is 2. The molecule has 0 atom stereocenters. The van der Waals surface area contributed by atoms with Crippen molar-refractivity contribution in [2.45, 2.75) is 6.92 Å². The Labute approximate surface area is 154 Å². The average Bonchev–Trinajstić information content (AvgIpc) is 3.22. The molecule has 27 heavy (non-hydrogen) atoms. The van der Waals surface area contributed by atoms with Crippen LogP contribution in [0.15, 0.2) is 55.1 Å². The SMILES string of the molecule is Cc1cc(-c2nc(-n3cnc4ccccc43)nc3c2c(F)cn3C)ccn1. The van der Waals surface area contributed by atoms with Crippen LogP contribution in [0.3, 0.4) is 0 Å². The van der Waals surface area contributed by atoms with Gasteiger partial charge in [0.15, 0.2) is 5.82 Å². The summed E-state index contributed by atoms with van der Waals surface area (Å²) in [7, 11) is 1.77. The first-order valence-electron chi connectivity index (χ1n) is 8.50. The van der Waals surface area contributed by atoms with Crippen molar-refractivity contribution in [3.8, 4) is 17.2 Å². The molecule has 0 aliphatic carbocycles. The van der Waals surface area contributed by atoms with Crippen LogP contribution in [0.2, 0.25) is 0 Å². The number of nitrogens with zero attached hydrogens (tertiary/aromatic N) is 6. The van der Waals surface area contributed by atoms with Gasteiger partial charge in [-0.3, -0.25) is 9.55 Å². The molecular weight excluding hydrogens is 343 g/mol. The first kappa shape index (κ1) is 15.6. The molecular formula is C20H15FN6. The minimum Gasteiger partial charge on any atom is -0.332 e. The Morgan fingerprint density at radius 1 is 1.04 bits per heavy atom. The quantitative estimate of drug-likeness (QED) is 0.481. The van der Waals surface area contributed by atoms with E-state index in [1.165, 1.54) is 6.20 Å². The summed E-state index contributed by atoms with van der Waals surface area (Å²) in [6, 6.07) is 11.5. The molecule has 0 radical (unpaired) electrons. The fraction of sp³-hybridized carbons (Fsp3) is 0.100. The largest absolute Gasteiger partial charge is 0.332 e. The summed E-state index contributed by atoms with van der Waals surface area (Å²) in [6.45, 7) is 1.90. The molecule has 0 unspecified atom stereocenters. The molecule has 0 fully saturated rings. The van der Waals surface area contributed by atoms with E-state index >= 15 is 0 Å². The number of imidazole rings is 1. The van der Waals surface area contributed by atoms with Gasteiger partial charge in [-0.15, -0.1) is 0 Å². The lowest BCUT2D eigenvalue weighted by molar-refractivity contribution is 0.633. The fourth-order valence-electron chi connectivity index (χ4n) is 3.34. The molecule has 6 nitrogen and oxygen atoms in total. The van der Waals surface area contributed by atoms with Crippen molar-refractivity contribution in [2.75, 3.05) is 0 Å². The monoisotopic (exact) mass is 358 g/mol. The van der Waals surface area contributed by atoms with E-state index in [1.807, 2.05) is 47.9 Å². The van der Waals surface area contributed by atoms with E-state index in [-0.39, 0.29) is 5.82 Å². The second-order valence-electron chi connectivity index (χ2n) is 6.45. The summed E-state index contributed by atoms with van der Waals surface area (Å²) in [5, 5.41) is 0.399. The van der Waals surface area contributed by atoms with E-state index in [0.29, 0.717) is 22.7 Å². The highest BCUT2D eigenvalue weighted by atomic mass is 19.1. The van der Waals surface area contributed by atoms with Gasteiger partial charge in [0.25, 0.3) is 0 Å². The third kappa shape index (κ3) is 2.39. The van der Waals surface area contributed by atoms with Gasteiger partial charge in [-0.05, 0) is 31.2 Å². The van der Waals surface area contributed by atoms with Gasteiger partial charge in [-0.2, -0.15) is 4.98 Å². The first-order chi connectivity index (χ1) is 13.1. The van der Waals surface area contributed by atoms with Crippen LogP contribution in [-0.4, -0.2) is 29.1 Å². The van der Waals surface area contributed by atoms with Crippen LogP contribution in [0, 0.1) is 12.7 Å². The van der Waals surface area contributed by atoms with Gasteiger partial charge in [0, 0.05) is 30.7 Å². The maximum absolute atomic E-state index is 14.6. The molecule has 4 heterocycles. The number of hydrogen-bond acceptors (Lipinski definition) is 4. The minimum absolute atomic E-state index is 0.348. The summed E-state index contributed by atoms with van der Waals surface area (Å²) >= 11 is 0. The standard InChI is InChI=1S/C20H15FN6/c1-12-9-13(7-8-22-12)18-17-14(21)10-26(2)19(17)25-20(24-18)27-11-23-15-5-3-4-6-16(15)27/h3-11H,1-2H3. The van der Waals surface area contributed by atoms with Gasteiger partial charge in [0.05, 0.1) is 22.1 Å². The van der Waals surface area contributed by atoms with Crippen LogP contribution >= 0.6 is 0 Å². The van der Waals surface area contributed by atoms with Crippen molar-refractivity contribution in [2.24, 2.45) is 7.05 Å². The second kappa shape index (κ2) is 5.70. The third-order valence-electron chi connectivity index (χ3n) is 4.60. The maximum atomic E-state index is 14.6. The van der Waals surface area contributed by atoms with E-state index in [9.17, 15) is 4.39 Å². The summed E-state index contributed by atoms with van der Waals surface area (Å²) in [5.41, 5.74) is 4.44. The molecule has 0 spiro atoms. The Morgan fingerprint density at radius 3 is 2.74 bits per heavy atom. The molecule has 0 bridgehead atoms. The number of halogens is 1. The number of hydrogen-bond donors (Lipinski definition) is 0. The molecule has 5 rings (SSSR count). The van der Waals surface area contributed by atoms with Crippen LogP contribution in [0.1, 0.15) is 5.69 Å². The average molecular weight is 358 g/mol. The van der Waals surface area contributed by atoms with Crippen LogP contribution in [0.25, 0.3) is 39.3 Å². The number of aryl methyl sites for hydroxylation is 2. The summed E-state index contributed by atoms with van der Waals surface area (Å²) in [4.78, 5) is 18.0. The Hall–Kier alpha value is -3.61. The number of para-hydroxylation sites is 2. The Kier molecular flexibility index (Phi) is 3.30. The van der Waals surface area contributed by atoms with E-state index in [2.05, 4.69) is 15.0 Å². The Bertz CT molecular complexity index is 1320. The number of fused-ring (bicyclic) bond motifs is 2. The molecule has 0 saturated carbocycles. The van der Waals surface area contributed by atoms with E-state index in [1.54, 1.807) is 24.1 Å². The van der Waals surface area contributed by atoms with Crippen molar-refractivity contribution < 1.29 is 4.39 Å². The van der Waals surface area contributed by atoms with Gasteiger partial charge >= 0.3 is 0 Å². The normalized spacial score (nSPS) is 11.5. The summed E-state index contributed by atoms with van der Waals surface area (Å²) in [6.07, 6.45) is 4.81. The van der Waals surface area contributed by atoms with Crippen LogP contribution in [-0.2, 0) is 7.05 Å². The van der Waals surface area contributed by atoms with Crippen molar-refractivity contribution in [1.29, 1.82) is 0 Å². The van der Waals surface area contributed by atoms with Crippen molar-refractivity contribution >= 4 is 22.1 Å². The molecule has 4 aromatic heterocycles. The molecule has 0 saturated heterocycles. The van der Waals surface area contributed by atoms with Gasteiger partial charge < -0.3 is 4.57 Å². The Morgan fingerprint density at radius 2 is 1.89 bits per heavy atom. The van der Waals surface area contributed by atoms with E-state index in [4.69, 9.17) is 4.98 Å². The molecule has 5 aromatic rings. The summed E-state index contributed by atoms with van der Waals surface area (Å²) in [5.74, 6) is 0.0980. The van der Waals surface area contributed by atoms with Crippen LogP contribution in [0.4, 0.5) is 4.39 Å². The highest BCUT2D eigenvalue weighted by molar-refractivity contribution is 5.92. The van der Waals surface area contributed by atoms with Gasteiger partial charge in [-0.1, -0.05) is 12.1 Å². The van der Waals surface area contributed by atoms with Crippen molar-refractivity contribution in [1.82, 2.24) is 29.1 Å². The summed E-state index contributed by atoms with van der Waals surface area (Å²) < 4.78 is 18.1. The van der Waals surface area contributed by atoms with E-state index in [0.717, 1.165) is 22.3 Å². The third-order valence-corrected chi connectivity index (χ3v) is 4.60. The topological polar surface area (TPSA) is 61.4 Å². The Balaban J connectivity index is 1.86. The smallest absolute Gasteiger partial charge is 0.238 e. The highest BCUT2D eigenvalue weighted by Crippen LogP contribution is 2.30. The zero-order chi connectivity index (χ0) is 18.5. The highest BCUT2D eigenvalue weighted by Gasteiger charge is 2.19. The van der Waals surface area contributed by atoms with Crippen LogP contribution < -0.4 is 0 Å². The number of benzene rings is 1. The molecule has 1 aromatic carbocycles. The molecule has 0 aliphatic heterocycles. The lowest BCUT2D eigenvalue weighted by Gasteiger charge is -2.09. The van der Waals surface area contributed by atoms with Gasteiger partial charge in [0.1, 0.15) is 12.0 Å². The second-order valence-corrected chi connectivity index (χ2v) is 6.45. The van der Waals surface area contributed by atoms with Crippen molar-refractivity contribution in [3.63, 3.8) is 0 Å².